The van der Waals surface area contributed by atoms with Gasteiger partial charge in [-0.2, -0.15) is 0 Å². The fourth-order valence-electron chi connectivity index (χ4n) is 1.89. The van der Waals surface area contributed by atoms with Gasteiger partial charge in [-0.3, -0.25) is 4.79 Å². The highest BCUT2D eigenvalue weighted by molar-refractivity contribution is 5.78. The zero-order chi connectivity index (χ0) is 12.0. The number of rotatable bonds is 4. The van der Waals surface area contributed by atoms with E-state index < -0.39 is 0 Å². The maximum atomic E-state index is 11.5. The molecule has 3 nitrogen and oxygen atoms in total. The molecule has 16 heavy (non-hydrogen) atoms. The summed E-state index contributed by atoms with van der Waals surface area (Å²) < 4.78 is 0. The van der Waals surface area contributed by atoms with Gasteiger partial charge in [0.2, 0.25) is 5.91 Å². The van der Waals surface area contributed by atoms with E-state index in [9.17, 15) is 4.79 Å². The molecule has 0 aromatic rings. The Balaban J connectivity index is 2.10. The number of nitrogens with one attached hydrogen (secondary N) is 2. The summed E-state index contributed by atoms with van der Waals surface area (Å²) in [6.07, 6.45) is 8.05. The fraction of sp³-hybridized carbons (Fsp3) is 0.769. The molecular weight excluding hydrogens is 200 g/mol. The van der Waals surface area contributed by atoms with Crippen molar-refractivity contribution in [3.8, 4) is 0 Å². The van der Waals surface area contributed by atoms with Crippen LogP contribution in [0.2, 0.25) is 0 Å². The normalized spacial score (nSPS) is 20.8. The molecule has 0 saturated carbocycles. The molecule has 0 bridgehead atoms. The molecule has 1 unspecified atom stereocenters. The SMILES string of the molecule is CC(C)(C)NC(=O)CNCC1CC=CCC1. The smallest absolute Gasteiger partial charge is 0.234 e. The Kier molecular flexibility index (Phi) is 5.00. The van der Waals surface area contributed by atoms with Gasteiger partial charge >= 0.3 is 0 Å². The van der Waals surface area contributed by atoms with Crippen molar-refractivity contribution in [3.05, 3.63) is 12.2 Å². The predicted octanol–water partition coefficient (Wildman–Crippen LogP) is 1.85. The molecule has 2 N–H and O–H groups in total. The standard InChI is InChI=1S/C13H24N2O/c1-13(2,3)15-12(16)10-14-9-11-7-5-4-6-8-11/h4-5,11,14H,6-10H2,1-3H3,(H,15,16). The van der Waals surface area contributed by atoms with Crippen molar-refractivity contribution in [2.24, 2.45) is 5.92 Å². The van der Waals surface area contributed by atoms with Crippen molar-refractivity contribution in [1.82, 2.24) is 10.6 Å². The van der Waals surface area contributed by atoms with E-state index in [4.69, 9.17) is 0 Å². The summed E-state index contributed by atoms with van der Waals surface area (Å²) in [6.45, 7) is 7.36. The lowest BCUT2D eigenvalue weighted by Gasteiger charge is -2.22. The van der Waals surface area contributed by atoms with Crippen LogP contribution in [0.25, 0.3) is 0 Å². The fourth-order valence-corrected chi connectivity index (χ4v) is 1.89. The molecule has 0 spiro atoms. The van der Waals surface area contributed by atoms with Crippen LogP contribution in [0.1, 0.15) is 40.0 Å². The minimum Gasteiger partial charge on any atom is -0.350 e. The number of carbonyl (C=O) groups excluding carboxylic acids is 1. The van der Waals surface area contributed by atoms with Gasteiger partial charge in [-0.25, -0.2) is 0 Å². The van der Waals surface area contributed by atoms with Crippen LogP contribution in [-0.4, -0.2) is 24.5 Å². The number of amides is 1. The zero-order valence-electron chi connectivity index (χ0n) is 10.7. The lowest BCUT2D eigenvalue weighted by atomic mass is 9.94. The average molecular weight is 224 g/mol. The summed E-state index contributed by atoms with van der Waals surface area (Å²) >= 11 is 0. The molecule has 1 aliphatic rings. The van der Waals surface area contributed by atoms with Gasteiger partial charge in [-0.15, -0.1) is 0 Å². The van der Waals surface area contributed by atoms with Crippen LogP contribution in [0.4, 0.5) is 0 Å². The molecule has 0 fully saturated rings. The van der Waals surface area contributed by atoms with E-state index in [1.807, 2.05) is 20.8 Å². The largest absolute Gasteiger partial charge is 0.350 e. The molecule has 0 heterocycles. The molecule has 1 amide bonds. The van der Waals surface area contributed by atoms with Crippen LogP contribution in [-0.2, 0) is 4.79 Å². The molecular formula is C13H24N2O. The van der Waals surface area contributed by atoms with E-state index in [-0.39, 0.29) is 11.4 Å². The summed E-state index contributed by atoms with van der Waals surface area (Å²) in [6, 6.07) is 0. The first-order valence-corrected chi connectivity index (χ1v) is 6.14. The molecule has 3 heteroatoms. The lowest BCUT2D eigenvalue weighted by Crippen LogP contribution is -2.45. The van der Waals surface area contributed by atoms with Crippen molar-refractivity contribution in [1.29, 1.82) is 0 Å². The number of carbonyl (C=O) groups is 1. The third-order valence-corrected chi connectivity index (χ3v) is 2.61. The second-order valence-electron chi connectivity index (χ2n) is 5.58. The molecule has 0 aromatic heterocycles. The Labute approximate surface area is 98.7 Å². The first kappa shape index (κ1) is 13.2. The highest BCUT2D eigenvalue weighted by Crippen LogP contribution is 2.16. The van der Waals surface area contributed by atoms with E-state index >= 15 is 0 Å². The maximum Gasteiger partial charge on any atom is 0.234 e. The van der Waals surface area contributed by atoms with Gasteiger partial charge in [0, 0.05) is 5.54 Å². The first-order chi connectivity index (χ1) is 7.47. The van der Waals surface area contributed by atoms with E-state index in [0.717, 1.165) is 13.0 Å². The van der Waals surface area contributed by atoms with Crippen LogP contribution < -0.4 is 10.6 Å². The Morgan fingerprint density at radius 3 is 2.69 bits per heavy atom. The number of hydrogen-bond donors (Lipinski definition) is 2. The minimum absolute atomic E-state index is 0.0823. The van der Waals surface area contributed by atoms with Crippen molar-refractivity contribution in [2.75, 3.05) is 13.1 Å². The lowest BCUT2D eigenvalue weighted by molar-refractivity contribution is -0.121. The predicted molar refractivity (Wildman–Crippen MR) is 67.2 cm³/mol. The topological polar surface area (TPSA) is 41.1 Å². The van der Waals surface area contributed by atoms with Crippen LogP contribution in [0.3, 0.4) is 0 Å². The highest BCUT2D eigenvalue weighted by atomic mass is 16.2. The van der Waals surface area contributed by atoms with E-state index in [1.54, 1.807) is 0 Å². The Hall–Kier alpha value is -0.830. The van der Waals surface area contributed by atoms with E-state index in [2.05, 4.69) is 22.8 Å². The molecule has 92 valence electrons. The maximum absolute atomic E-state index is 11.5. The summed E-state index contributed by atoms with van der Waals surface area (Å²) in [5.74, 6) is 0.784. The van der Waals surface area contributed by atoms with Crippen LogP contribution in [0.5, 0.6) is 0 Å². The highest BCUT2D eigenvalue weighted by Gasteiger charge is 2.14. The quantitative estimate of drug-likeness (QED) is 0.716. The van der Waals surface area contributed by atoms with Gasteiger partial charge in [0.1, 0.15) is 0 Å². The second kappa shape index (κ2) is 6.04. The van der Waals surface area contributed by atoms with Gasteiger partial charge in [-0.1, -0.05) is 12.2 Å². The Bertz CT molecular complexity index is 253. The third-order valence-electron chi connectivity index (χ3n) is 2.61. The van der Waals surface area contributed by atoms with Gasteiger partial charge in [0.15, 0.2) is 0 Å². The molecule has 0 radical (unpaired) electrons. The molecule has 1 atom stereocenters. The molecule has 0 aromatic carbocycles. The summed E-state index contributed by atoms with van der Waals surface area (Å²) in [7, 11) is 0. The van der Waals surface area contributed by atoms with Gasteiger partial charge in [-0.05, 0) is 52.5 Å². The molecule has 1 aliphatic carbocycles. The Morgan fingerprint density at radius 1 is 1.38 bits per heavy atom. The number of allylic oxidation sites excluding steroid dienone is 2. The van der Waals surface area contributed by atoms with Crippen molar-refractivity contribution in [2.45, 2.75) is 45.6 Å². The minimum atomic E-state index is -0.133. The van der Waals surface area contributed by atoms with E-state index in [0.29, 0.717) is 12.5 Å². The van der Waals surface area contributed by atoms with Crippen molar-refractivity contribution >= 4 is 5.91 Å². The average Bonchev–Trinajstić information content (AvgIpc) is 2.16. The van der Waals surface area contributed by atoms with Gasteiger partial charge in [0.05, 0.1) is 6.54 Å². The molecule has 0 aliphatic heterocycles. The third kappa shape index (κ3) is 5.91. The second-order valence-corrected chi connectivity index (χ2v) is 5.58. The summed E-state index contributed by atoms with van der Waals surface area (Å²) in [5.41, 5.74) is -0.133. The monoisotopic (exact) mass is 224 g/mol. The summed E-state index contributed by atoms with van der Waals surface area (Å²) in [4.78, 5) is 11.5. The first-order valence-electron chi connectivity index (χ1n) is 6.14. The molecule has 1 rings (SSSR count). The summed E-state index contributed by atoms with van der Waals surface area (Å²) in [5, 5.41) is 6.17. The number of hydrogen-bond acceptors (Lipinski definition) is 2. The van der Waals surface area contributed by atoms with Crippen LogP contribution in [0, 0.1) is 5.92 Å². The van der Waals surface area contributed by atoms with E-state index in [1.165, 1.54) is 12.8 Å². The van der Waals surface area contributed by atoms with Crippen molar-refractivity contribution in [3.63, 3.8) is 0 Å². The van der Waals surface area contributed by atoms with Crippen LogP contribution >= 0.6 is 0 Å². The van der Waals surface area contributed by atoms with Gasteiger partial charge < -0.3 is 10.6 Å². The van der Waals surface area contributed by atoms with Crippen LogP contribution in [0.15, 0.2) is 12.2 Å². The Morgan fingerprint density at radius 2 is 2.12 bits per heavy atom. The molecule has 0 saturated heterocycles. The van der Waals surface area contributed by atoms with Crippen molar-refractivity contribution < 1.29 is 4.79 Å². The van der Waals surface area contributed by atoms with Gasteiger partial charge in [0.25, 0.3) is 0 Å². The zero-order valence-corrected chi connectivity index (χ0v) is 10.7.